The summed E-state index contributed by atoms with van der Waals surface area (Å²) in [6.45, 7) is 3.35. The average molecular weight is 491 g/mol. The van der Waals surface area contributed by atoms with Crippen LogP contribution in [0.5, 0.6) is 0 Å². The number of amides is 2. The number of hydrogen-bond acceptors (Lipinski definition) is 5. The predicted octanol–water partition coefficient (Wildman–Crippen LogP) is 4.66. The Kier molecular flexibility index (Phi) is 7.26. The van der Waals surface area contributed by atoms with E-state index in [1.165, 1.54) is 35.4 Å². The molecule has 35 heavy (non-hydrogen) atoms. The molecular formula is C26H23FN4O3S. The van der Waals surface area contributed by atoms with E-state index in [-0.39, 0.29) is 29.7 Å². The third-order valence-corrected chi connectivity index (χ3v) is 6.29. The first-order valence-corrected chi connectivity index (χ1v) is 11.8. The zero-order valence-corrected chi connectivity index (χ0v) is 19.9. The average Bonchev–Trinajstić information content (AvgIpc) is 2.83. The third-order valence-electron chi connectivity index (χ3n) is 5.20. The molecule has 3 aromatic carbocycles. The van der Waals surface area contributed by atoms with E-state index < -0.39 is 5.25 Å². The maximum Gasteiger partial charge on any atom is 0.262 e. The quantitative estimate of drug-likeness (QED) is 0.290. The molecular weight excluding hydrogens is 467 g/mol. The smallest absolute Gasteiger partial charge is 0.262 e. The maximum absolute atomic E-state index is 13.4. The summed E-state index contributed by atoms with van der Waals surface area (Å²) in [6, 6.07) is 19.7. The number of carbonyl (C=O) groups excluding carboxylic acids is 2. The first-order chi connectivity index (χ1) is 16.8. The normalized spacial score (nSPS) is 11.7. The number of thioether (sulfide) groups is 1. The number of para-hydroxylation sites is 1. The second-order valence-electron chi connectivity index (χ2n) is 7.94. The Labute approximate surface area is 205 Å². The van der Waals surface area contributed by atoms with Crippen molar-refractivity contribution in [2.75, 3.05) is 10.6 Å². The summed E-state index contributed by atoms with van der Waals surface area (Å²) in [7, 11) is 0. The molecule has 4 rings (SSSR count). The Morgan fingerprint density at radius 3 is 2.26 bits per heavy atom. The van der Waals surface area contributed by atoms with Crippen LogP contribution < -0.4 is 16.2 Å². The van der Waals surface area contributed by atoms with Gasteiger partial charge in [0.25, 0.3) is 5.56 Å². The van der Waals surface area contributed by atoms with E-state index in [9.17, 15) is 18.8 Å². The molecule has 2 N–H and O–H groups in total. The van der Waals surface area contributed by atoms with Gasteiger partial charge in [0.2, 0.25) is 11.8 Å². The van der Waals surface area contributed by atoms with Gasteiger partial charge >= 0.3 is 0 Å². The molecule has 0 saturated heterocycles. The SMILES string of the molecule is CC(=O)Nc1ccc(NC(=O)[C@@H](C)Sc2nc3ccccc3c(=O)n2Cc2ccc(F)cc2)cc1. The number of halogens is 1. The highest BCUT2D eigenvalue weighted by molar-refractivity contribution is 8.00. The van der Waals surface area contributed by atoms with Gasteiger partial charge in [-0.15, -0.1) is 0 Å². The summed E-state index contributed by atoms with van der Waals surface area (Å²) in [5, 5.41) is 5.80. The number of carbonyl (C=O) groups is 2. The van der Waals surface area contributed by atoms with Gasteiger partial charge in [-0.25, -0.2) is 9.37 Å². The van der Waals surface area contributed by atoms with Crippen LogP contribution in [0.25, 0.3) is 10.9 Å². The number of aromatic nitrogens is 2. The highest BCUT2D eigenvalue weighted by Crippen LogP contribution is 2.25. The van der Waals surface area contributed by atoms with Gasteiger partial charge in [-0.1, -0.05) is 36.0 Å². The summed E-state index contributed by atoms with van der Waals surface area (Å²) in [5.41, 5.74) is 2.25. The van der Waals surface area contributed by atoms with Crippen LogP contribution in [0, 0.1) is 5.82 Å². The molecule has 7 nitrogen and oxygen atoms in total. The first kappa shape index (κ1) is 24.2. The molecule has 0 aliphatic heterocycles. The van der Waals surface area contributed by atoms with E-state index in [1.54, 1.807) is 67.6 Å². The molecule has 1 heterocycles. The monoisotopic (exact) mass is 490 g/mol. The minimum absolute atomic E-state index is 0.179. The highest BCUT2D eigenvalue weighted by Gasteiger charge is 2.20. The Balaban J connectivity index is 1.58. The molecule has 2 amide bonds. The fourth-order valence-corrected chi connectivity index (χ4v) is 4.35. The van der Waals surface area contributed by atoms with Crippen molar-refractivity contribution in [2.45, 2.75) is 30.8 Å². The third kappa shape index (κ3) is 5.93. The van der Waals surface area contributed by atoms with E-state index in [2.05, 4.69) is 15.6 Å². The molecule has 0 radical (unpaired) electrons. The number of rotatable bonds is 7. The number of anilines is 2. The van der Waals surface area contributed by atoms with Crippen molar-refractivity contribution in [3.63, 3.8) is 0 Å². The van der Waals surface area contributed by atoms with Gasteiger partial charge in [0.15, 0.2) is 5.16 Å². The van der Waals surface area contributed by atoms with E-state index in [1.807, 2.05) is 0 Å². The number of hydrogen-bond donors (Lipinski definition) is 2. The van der Waals surface area contributed by atoms with Gasteiger partial charge < -0.3 is 10.6 Å². The molecule has 0 fully saturated rings. The van der Waals surface area contributed by atoms with Crippen molar-refractivity contribution in [1.29, 1.82) is 0 Å². The second-order valence-corrected chi connectivity index (χ2v) is 9.25. The second kappa shape index (κ2) is 10.5. The van der Waals surface area contributed by atoms with Crippen molar-refractivity contribution >= 4 is 45.9 Å². The van der Waals surface area contributed by atoms with Crippen molar-refractivity contribution < 1.29 is 14.0 Å². The van der Waals surface area contributed by atoms with Crippen molar-refractivity contribution in [3.8, 4) is 0 Å². The van der Waals surface area contributed by atoms with Crippen molar-refractivity contribution in [2.24, 2.45) is 0 Å². The van der Waals surface area contributed by atoms with E-state index in [0.717, 1.165) is 5.56 Å². The van der Waals surface area contributed by atoms with Gasteiger partial charge in [-0.05, 0) is 61.0 Å². The molecule has 0 aliphatic rings. The predicted molar refractivity (Wildman–Crippen MR) is 136 cm³/mol. The largest absolute Gasteiger partial charge is 0.326 e. The summed E-state index contributed by atoms with van der Waals surface area (Å²) in [4.78, 5) is 42.0. The lowest BCUT2D eigenvalue weighted by Crippen LogP contribution is -2.27. The topological polar surface area (TPSA) is 93.1 Å². The minimum Gasteiger partial charge on any atom is -0.326 e. The summed E-state index contributed by atoms with van der Waals surface area (Å²) in [5.74, 6) is -0.804. The van der Waals surface area contributed by atoms with Crippen LogP contribution in [0.3, 0.4) is 0 Å². The van der Waals surface area contributed by atoms with Gasteiger partial charge in [0.1, 0.15) is 5.82 Å². The summed E-state index contributed by atoms with van der Waals surface area (Å²) in [6.07, 6.45) is 0. The van der Waals surface area contributed by atoms with Gasteiger partial charge in [0.05, 0.1) is 22.7 Å². The van der Waals surface area contributed by atoms with Crippen LogP contribution in [0.2, 0.25) is 0 Å². The molecule has 1 aromatic heterocycles. The summed E-state index contributed by atoms with van der Waals surface area (Å²) >= 11 is 1.17. The molecule has 4 aromatic rings. The van der Waals surface area contributed by atoms with Gasteiger partial charge in [-0.2, -0.15) is 0 Å². The Morgan fingerprint density at radius 1 is 0.971 bits per heavy atom. The zero-order valence-electron chi connectivity index (χ0n) is 19.1. The van der Waals surface area contributed by atoms with Crippen LogP contribution in [0.15, 0.2) is 82.7 Å². The van der Waals surface area contributed by atoms with E-state index in [0.29, 0.717) is 27.4 Å². The fourth-order valence-electron chi connectivity index (χ4n) is 3.45. The fraction of sp³-hybridized carbons (Fsp3) is 0.154. The molecule has 0 aliphatic carbocycles. The Hall–Kier alpha value is -3.98. The maximum atomic E-state index is 13.4. The first-order valence-electron chi connectivity index (χ1n) is 10.9. The number of fused-ring (bicyclic) bond motifs is 1. The lowest BCUT2D eigenvalue weighted by Gasteiger charge is -2.17. The molecule has 0 saturated carbocycles. The summed E-state index contributed by atoms with van der Waals surface area (Å²) < 4.78 is 14.9. The number of nitrogens with one attached hydrogen (secondary N) is 2. The van der Waals surface area contributed by atoms with E-state index in [4.69, 9.17) is 0 Å². The lowest BCUT2D eigenvalue weighted by atomic mass is 10.2. The molecule has 0 unspecified atom stereocenters. The van der Waals surface area contributed by atoms with Crippen LogP contribution >= 0.6 is 11.8 Å². The van der Waals surface area contributed by atoms with Crippen LogP contribution in [0.4, 0.5) is 15.8 Å². The van der Waals surface area contributed by atoms with Crippen molar-refractivity contribution in [1.82, 2.24) is 9.55 Å². The van der Waals surface area contributed by atoms with Gasteiger partial charge in [-0.3, -0.25) is 19.0 Å². The van der Waals surface area contributed by atoms with Crippen LogP contribution in [0.1, 0.15) is 19.4 Å². The molecule has 0 spiro atoms. The molecule has 1 atom stereocenters. The molecule has 178 valence electrons. The minimum atomic E-state index is -0.572. The number of benzene rings is 3. The van der Waals surface area contributed by atoms with Crippen molar-refractivity contribution in [3.05, 3.63) is 94.5 Å². The lowest BCUT2D eigenvalue weighted by molar-refractivity contribution is -0.115. The Bertz CT molecular complexity index is 1440. The van der Waals surface area contributed by atoms with Crippen LogP contribution in [-0.2, 0) is 16.1 Å². The molecule has 0 bridgehead atoms. The zero-order chi connectivity index (χ0) is 24.9. The van der Waals surface area contributed by atoms with E-state index >= 15 is 0 Å². The highest BCUT2D eigenvalue weighted by atomic mass is 32.2. The van der Waals surface area contributed by atoms with Crippen LogP contribution in [-0.4, -0.2) is 26.6 Å². The van der Waals surface area contributed by atoms with Gasteiger partial charge in [0, 0.05) is 18.3 Å². The Morgan fingerprint density at radius 2 is 1.60 bits per heavy atom. The standard InChI is InChI=1S/C26H23FN4O3S/c1-16(24(33)29-21-13-11-20(12-14-21)28-17(2)32)35-26-30-23-6-4-3-5-22(23)25(34)31(26)15-18-7-9-19(27)10-8-18/h3-14,16H,15H2,1-2H3,(H,28,32)(H,29,33)/t16-/m1/s1. The molecule has 9 heteroatoms. The number of nitrogens with zero attached hydrogens (tertiary/aromatic N) is 2.